The fraction of sp³-hybridized carbons (Fsp3) is 0.304. The highest BCUT2D eigenvalue weighted by Gasteiger charge is 2.27. The number of nitrogens with zero attached hydrogens (tertiary/aromatic N) is 2. The molecule has 1 saturated heterocycles. The van der Waals surface area contributed by atoms with Gasteiger partial charge < -0.3 is 31.9 Å². The highest BCUT2D eigenvalue weighted by molar-refractivity contribution is 7.90. The average molecular weight is 502 g/mol. The number of primary amides is 1. The number of likely N-dealkylation sites (tertiary alicyclic amines) is 1. The molecule has 0 saturated carbocycles. The lowest BCUT2D eigenvalue weighted by molar-refractivity contribution is -0.135. The zero-order valence-corrected chi connectivity index (χ0v) is 19.6. The third-order valence-electron chi connectivity index (χ3n) is 6.03. The van der Waals surface area contributed by atoms with Crippen LogP contribution in [0.15, 0.2) is 53.7 Å². The molecule has 1 aromatic heterocycles. The van der Waals surface area contributed by atoms with E-state index in [1.807, 2.05) is 12.1 Å². The number of nitrogens with two attached hydrogens (primary N) is 2. The number of fused-ring (bicyclic) bond motifs is 1. The average Bonchev–Trinajstić information content (AvgIpc) is 3.23. The maximum Gasteiger partial charge on any atom is 0.271 e. The van der Waals surface area contributed by atoms with E-state index in [-0.39, 0.29) is 29.0 Å². The Morgan fingerprint density at radius 2 is 1.74 bits per heavy atom. The third kappa shape index (κ3) is 5.17. The van der Waals surface area contributed by atoms with Gasteiger partial charge in [-0.05, 0) is 37.1 Å². The fourth-order valence-electron chi connectivity index (χ4n) is 4.20. The second kappa shape index (κ2) is 9.47. The van der Waals surface area contributed by atoms with Gasteiger partial charge in [-0.15, -0.1) is 0 Å². The highest BCUT2D eigenvalue weighted by Crippen LogP contribution is 2.30. The molecule has 186 valence electrons. The number of benzene rings is 2. The van der Waals surface area contributed by atoms with Crippen molar-refractivity contribution >= 4 is 38.3 Å². The molecule has 1 atom stereocenters. The lowest BCUT2D eigenvalue weighted by Crippen LogP contribution is -2.50. The summed E-state index contributed by atoms with van der Waals surface area (Å²) in [7, 11) is -4.06. The summed E-state index contributed by atoms with van der Waals surface area (Å²) in [5, 5.41) is 24.2. The minimum absolute atomic E-state index is 0.101. The van der Waals surface area contributed by atoms with Crippen LogP contribution >= 0.6 is 0 Å². The van der Waals surface area contributed by atoms with Crippen LogP contribution < -0.4 is 16.8 Å². The monoisotopic (exact) mass is 501 g/mol. The first-order chi connectivity index (χ1) is 16.5. The Labute approximate surface area is 202 Å². The van der Waals surface area contributed by atoms with E-state index in [2.05, 4.69) is 5.32 Å². The zero-order chi connectivity index (χ0) is 25.3. The smallest absolute Gasteiger partial charge is 0.271 e. The SMILES string of the molecule is NC(=O)C[C@H](N)C(=O)N1CCC(Nc2ccc3cn(S(=O)(=O)c4ccc(O)cc4O)cc3c2)CC1. The molecule has 0 bridgehead atoms. The number of piperidine rings is 1. The van der Waals surface area contributed by atoms with Gasteiger partial charge in [0.25, 0.3) is 10.0 Å². The number of nitrogens with one attached hydrogen (secondary N) is 1. The molecule has 35 heavy (non-hydrogen) atoms. The minimum atomic E-state index is -4.06. The van der Waals surface area contributed by atoms with E-state index in [1.165, 1.54) is 18.5 Å². The number of rotatable bonds is 7. The molecule has 1 fully saturated rings. The van der Waals surface area contributed by atoms with Crippen molar-refractivity contribution in [2.45, 2.75) is 36.2 Å². The molecule has 1 aliphatic rings. The topological polar surface area (TPSA) is 181 Å². The van der Waals surface area contributed by atoms with Crippen molar-refractivity contribution in [3.8, 4) is 11.5 Å². The van der Waals surface area contributed by atoms with E-state index >= 15 is 0 Å². The summed E-state index contributed by atoms with van der Waals surface area (Å²) in [6.07, 6.45) is 4.10. The minimum Gasteiger partial charge on any atom is -0.508 e. The van der Waals surface area contributed by atoms with Crippen LogP contribution in [0.4, 0.5) is 5.69 Å². The van der Waals surface area contributed by atoms with Gasteiger partial charge in [0.2, 0.25) is 11.8 Å². The number of hydrogen-bond donors (Lipinski definition) is 5. The van der Waals surface area contributed by atoms with Crippen LogP contribution in [0.2, 0.25) is 0 Å². The number of anilines is 1. The number of amides is 2. The summed E-state index contributed by atoms with van der Waals surface area (Å²) in [5.74, 6) is -1.67. The van der Waals surface area contributed by atoms with Gasteiger partial charge in [0.15, 0.2) is 0 Å². The maximum atomic E-state index is 13.0. The first-order valence-electron chi connectivity index (χ1n) is 11.0. The molecular weight excluding hydrogens is 474 g/mol. The van der Waals surface area contributed by atoms with Crippen LogP contribution in [0.3, 0.4) is 0 Å². The molecule has 0 spiro atoms. The Hall–Kier alpha value is -3.77. The first kappa shape index (κ1) is 24.4. The molecule has 3 aromatic rings. The van der Waals surface area contributed by atoms with Crippen molar-refractivity contribution in [2.24, 2.45) is 11.5 Å². The molecule has 0 aliphatic carbocycles. The molecule has 0 unspecified atom stereocenters. The van der Waals surface area contributed by atoms with Crippen molar-refractivity contribution in [2.75, 3.05) is 18.4 Å². The van der Waals surface area contributed by atoms with E-state index in [4.69, 9.17) is 11.5 Å². The molecular formula is C23H27N5O6S. The lowest BCUT2D eigenvalue weighted by Gasteiger charge is -2.34. The molecule has 11 nitrogen and oxygen atoms in total. The van der Waals surface area contributed by atoms with Gasteiger partial charge >= 0.3 is 0 Å². The molecule has 2 aromatic carbocycles. The second-order valence-electron chi connectivity index (χ2n) is 8.61. The first-order valence-corrected chi connectivity index (χ1v) is 12.5. The summed E-state index contributed by atoms with van der Waals surface area (Å²) in [6.45, 7) is 0.992. The van der Waals surface area contributed by atoms with Crippen molar-refractivity contribution in [1.82, 2.24) is 8.87 Å². The normalized spacial score (nSPS) is 15.7. The van der Waals surface area contributed by atoms with Gasteiger partial charge in [-0.2, -0.15) is 0 Å². The number of hydrogen-bond acceptors (Lipinski definition) is 8. The highest BCUT2D eigenvalue weighted by atomic mass is 32.2. The van der Waals surface area contributed by atoms with E-state index in [0.29, 0.717) is 36.7 Å². The van der Waals surface area contributed by atoms with Gasteiger partial charge in [0.05, 0.1) is 12.5 Å². The van der Waals surface area contributed by atoms with Crippen molar-refractivity contribution < 1.29 is 28.2 Å². The van der Waals surface area contributed by atoms with Crippen LogP contribution in [0, 0.1) is 0 Å². The Kier molecular flexibility index (Phi) is 6.59. The summed E-state index contributed by atoms with van der Waals surface area (Å²) >= 11 is 0. The van der Waals surface area contributed by atoms with Crippen LogP contribution in [0.25, 0.3) is 10.8 Å². The van der Waals surface area contributed by atoms with Gasteiger partial charge in [-0.25, -0.2) is 12.4 Å². The lowest BCUT2D eigenvalue weighted by atomic mass is 10.0. The van der Waals surface area contributed by atoms with E-state index < -0.39 is 27.7 Å². The van der Waals surface area contributed by atoms with Gasteiger partial charge in [0, 0.05) is 54.1 Å². The molecule has 12 heteroatoms. The van der Waals surface area contributed by atoms with Crippen LogP contribution in [0.1, 0.15) is 19.3 Å². The van der Waals surface area contributed by atoms with Crippen molar-refractivity contribution in [3.63, 3.8) is 0 Å². The quantitative estimate of drug-likeness (QED) is 0.316. The number of phenols is 2. The summed E-state index contributed by atoms with van der Waals surface area (Å²) in [4.78, 5) is 24.7. The predicted octanol–water partition coefficient (Wildman–Crippen LogP) is 0.895. The third-order valence-corrected chi connectivity index (χ3v) is 7.70. The van der Waals surface area contributed by atoms with Crippen molar-refractivity contribution in [1.29, 1.82) is 0 Å². The Bertz CT molecular complexity index is 1380. The Balaban J connectivity index is 1.44. The predicted molar refractivity (Wildman–Crippen MR) is 129 cm³/mol. The molecule has 0 radical (unpaired) electrons. The summed E-state index contributed by atoms with van der Waals surface area (Å²) in [6, 6.07) is 7.96. The van der Waals surface area contributed by atoms with Crippen LogP contribution in [-0.2, 0) is 19.6 Å². The molecule has 1 aliphatic heterocycles. The van der Waals surface area contributed by atoms with Crippen molar-refractivity contribution in [3.05, 3.63) is 48.8 Å². The van der Waals surface area contributed by atoms with Gasteiger partial charge in [-0.3, -0.25) is 9.59 Å². The number of aromatic nitrogens is 1. The maximum absolute atomic E-state index is 13.0. The van der Waals surface area contributed by atoms with E-state index in [9.17, 15) is 28.2 Å². The summed E-state index contributed by atoms with van der Waals surface area (Å²) in [5.41, 5.74) is 11.7. The molecule has 4 rings (SSSR count). The fourth-order valence-corrected chi connectivity index (χ4v) is 5.50. The van der Waals surface area contributed by atoms with Gasteiger partial charge in [-0.1, -0.05) is 6.07 Å². The molecule has 2 amide bonds. The second-order valence-corrected chi connectivity index (χ2v) is 10.4. The largest absolute Gasteiger partial charge is 0.508 e. The number of phenolic OH excluding ortho intramolecular Hbond substituents is 2. The summed E-state index contributed by atoms with van der Waals surface area (Å²) < 4.78 is 27.0. The molecule has 2 heterocycles. The number of carbonyl (C=O) groups excluding carboxylic acids is 2. The van der Waals surface area contributed by atoms with Crippen LogP contribution in [0.5, 0.6) is 11.5 Å². The number of aromatic hydroxyl groups is 2. The van der Waals surface area contributed by atoms with Gasteiger partial charge in [0.1, 0.15) is 16.4 Å². The van der Waals surface area contributed by atoms with E-state index in [0.717, 1.165) is 21.8 Å². The van der Waals surface area contributed by atoms with Crippen LogP contribution in [-0.4, -0.2) is 64.5 Å². The zero-order valence-electron chi connectivity index (χ0n) is 18.8. The Morgan fingerprint density at radius 1 is 1.06 bits per heavy atom. The van der Waals surface area contributed by atoms with E-state index in [1.54, 1.807) is 11.0 Å². The Morgan fingerprint density at radius 3 is 2.40 bits per heavy atom. The standard InChI is InChI=1S/C23H27N5O6S/c24-19(11-22(25)31)23(32)27-7-5-16(6-8-27)26-17-2-1-14-12-28(13-15(14)9-17)35(33,34)21-4-3-18(29)10-20(21)30/h1-4,9-10,12-13,16,19,26,29-30H,5-8,11,24H2,(H2,25,31)/t19-/m0/s1. The molecule has 7 N–H and O–H groups in total. The number of carbonyl (C=O) groups is 2.